The molecule has 176 valence electrons. The first-order chi connectivity index (χ1) is 13.9. The van der Waals surface area contributed by atoms with Gasteiger partial charge in [-0.05, 0) is 41.5 Å². The van der Waals surface area contributed by atoms with Gasteiger partial charge in [-0.3, -0.25) is 9.42 Å². The van der Waals surface area contributed by atoms with Crippen LogP contribution in [-0.4, -0.2) is 66.4 Å². The molecule has 2 aliphatic heterocycles. The molecular weight excluding hydrogens is 413 g/mol. The molecule has 2 aliphatic rings. The van der Waals surface area contributed by atoms with Crippen LogP contribution in [0.4, 0.5) is 0 Å². The Hall–Kier alpha value is -0.510. The molecule has 0 aliphatic carbocycles. The fourth-order valence-corrected chi connectivity index (χ4v) is 4.88. The Bertz CT molecular complexity index is 630. The lowest BCUT2D eigenvalue weighted by atomic mass is 9.97. The molecule has 0 amide bonds. The maximum absolute atomic E-state index is 12.8. The van der Waals surface area contributed by atoms with Gasteiger partial charge < -0.3 is 29.2 Å². The van der Waals surface area contributed by atoms with Crippen LogP contribution in [0.1, 0.15) is 54.4 Å². The van der Waals surface area contributed by atoms with E-state index in [-0.39, 0.29) is 49.4 Å². The van der Waals surface area contributed by atoms with Crippen molar-refractivity contribution in [3.8, 4) is 0 Å². The van der Waals surface area contributed by atoms with Crippen molar-refractivity contribution in [3.63, 3.8) is 0 Å². The van der Waals surface area contributed by atoms with Crippen molar-refractivity contribution in [2.45, 2.75) is 103 Å². The van der Waals surface area contributed by atoms with Crippen LogP contribution in [0, 0.1) is 0 Å². The Balaban J connectivity index is 2.07. The highest BCUT2D eigenvalue weighted by molar-refractivity contribution is 7.47. The summed E-state index contributed by atoms with van der Waals surface area (Å²) in [4.78, 5) is 10.4. The highest BCUT2D eigenvalue weighted by Gasteiger charge is 2.51. The Morgan fingerprint density at radius 3 is 2.47 bits per heavy atom. The topological polar surface area (TPSA) is 119 Å². The number of ether oxygens (including phenoxy) is 4. The van der Waals surface area contributed by atoms with Gasteiger partial charge in [-0.1, -0.05) is 6.58 Å². The fraction of sp³-hybridized carbons (Fsp3) is 0.900. The van der Waals surface area contributed by atoms with E-state index in [0.717, 1.165) is 0 Å². The molecule has 9 nitrogen and oxygen atoms in total. The third kappa shape index (κ3) is 6.74. The molecule has 0 spiro atoms. The molecule has 0 saturated carbocycles. The van der Waals surface area contributed by atoms with Crippen LogP contribution in [0.25, 0.3) is 0 Å². The minimum atomic E-state index is -4.52. The average Bonchev–Trinajstić information content (AvgIpc) is 3.11. The predicted octanol–water partition coefficient (Wildman–Crippen LogP) is 2.90. The molecule has 0 aromatic heterocycles. The molecule has 7 atom stereocenters. The van der Waals surface area contributed by atoms with Gasteiger partial charge in [0.1, 0.15) is 23.6 Å². The summed E-state index contributed by atoms with van der Waals surface area (Å²) in [5.41, 5.74) is 4.92. The smallest absolute Gasteiger partial charge is 0.406 e. The summed E-state index contributed by atoms with van der Waals surface area (Å²) in [6.07, 6.45) is -1.09. The van der Waals surface area contributed by atoms with Gasteiger partial charge in [0, 0.05) is 19.4 Å². The van der Waals surface area contributed by atoms with Crippen LogP contribution < -0.4 is 5.73 Å². The van der Waals surface area contributed by atoms with Gasteiger partial charge in [0.05, 0.1) is 37.1 Å². The van der Waals surface area contributed by atoms with E-state index in [9.17, 15) is 9.46 Å². The predicted molar refractivity (Wildman–Crippen MR) is 112 cm³/mol. The van der Waals surface area contributed by atoms with Crippen molar-refractivity contribution >= 4 is 7.82 Å². The Morgan fingerprint density at radius 2 is 1.90 bits per heavy atom. The number of phosphoric acid groups is 1. The van der Waals surface area contributed by atoms with Crippen LogP contribution in [0.5, 0.6) is 0 Å². The van der Waals surface area contributed by atoms with Crippen molar-refractivity contribution in [1.29, 1.82) is 0 Å². The summed E-state index contributed by atoms with van der Waals surface area (Å²) in [6.45, 7) is 15.4. The lowest BCUT2D eigenvalue weighted by molar-refractivity contribution is -0.124. The number of rotatable bonds is 11. The van der Waals surface area contributed by atoms with E-state index in [1.54, 1.807) is 0 Å². The van der Waals surface area contributed by atoms with E-state index < -0.39 is 25.6 Å². The normalized spacial score (nSPS) is 36.4. The second kappa shape index (κ2) is 10.4. The first-order valence-electron chi connectivity index (χ1n) is 10.6. The number of hydrogen-bond acceptors (Lipinski definition) is 8. The molecule has 30 heavy (non-hydrogen) atoms. The Labute approximate surface area is 179 Å². The molecule has 3 unspecified atom stereocenters. The molecule has 0 radical (unpaired) electrons. The highest BCUT2D eigenvalue weighted by atomic mass is 31.2. The van der Waals surface area contributed by atoms with Gasteiger partial charge in [-0.15, -0.1) is 0 Å². The number of phosphoric ester groups is 1. The summed E-state index contributed by atoms with van der Waals surface area (Å²) < 4.78 is 46.9. The molecule has 2 fully saturated rings. The molecular formula is C20H38NO8P. The Morgan fingerprint density at radius 1 is 1.23 bits per heavy atom. The van der Waals surface area contributed by atoms with E-state index in [1.807, 2.05) is 41.5 Å². The quantitative estimate of drug-likeness (QED) is 0.361. The van der Waals surface area contributed by atoms with E-state index in [0.29, 0.717) is 12.8 Å². The van der Waals surface area contributed by atoms with Crippen molar-refractivity contribution in [1.82, 2.24) is 0 Å². The van der Waals surface area contributed by atoms with E-state index in [2.05, 4.69) is 6.58 Å². The average molecular weight is 451 g/mol. The maximum Gasteiger partial charge on any atom is 0.527 e. The number of nitrogens with two attached hydrogens (primary N) is 1. The first-order valence-corrected chi connectivity index (χ1v) is 12.1. The van der Waals surface area contributed by atoms with Crippen LogP contribution >= 0.6 is 7.82 Å². The van der Waals surface area contributed by atoms with Gasteiger partial charge in [0.2, 0.25) is 0 Å². The van der Waals surface area contributed by atoms with Gasteiger partial charge in [0.25, 0.3) is 0 Å². The van der Waals surface area contributed by atoms with Gasteiger partial charge in [-0.25, -0.2) is 4.57 Å². The second-order valence-electron chi connectivity index (χ2n) is 8.74. The first kappa shape index (κ1) is 25.7. The summed E-state index contributed by atoms with van der Waals surface area (Å²) in [7, 11) is -4.52. The van der Waals surface area contributed by atoms with Gasteiger partial charge in [-0.2, -0.15) is 0 Å². The minimum Gasteiger partial charge on any atom is -0.406 e. The van der Waals surface area contributed by atoms with E-state index >= 15 is 0 Å². The molecule has 2 heterocycles. The largest absolute Gasteiger partial charge is 0.527 e. The van der Waals surface area contributed by atoms with Crippen LogP contribution in [0.2, 0.25) is 0 Å². The third-order valence-corrected chi connectivity index (χ3v) is 6.10. The number of hydrogen-bond donors (Lipinski definition) is 2. The van der Waals surface area contributed by atoms with Crippen molar-refractivity contribution in [3.05, 3.63) is 12.3 Å². The van der Waals surface area contributed by atoms with E-state index in [4.69, 9.17) is 33.7 Å². The van der Waals surface area contributed by atoms with Crippen LogP contribution in [0.3, 0.4) is 0 Å². The van der Waals surface area contributed by atoms with E-state index in [1.165, 1.54) is 0 Å². The van der Waals surface area contributed by atoms with Gasteiger partial charge >= 0.3 is 7.82 Å². The monoisotopic (exact) mass is 451 g/mol. The van der Waals surface area contributed by atoms with Crippen molar-refractivity contribution < 1.29 is 37.5 Å². The standard InChI is InChI=1S/C20H38NO8P/c1-12(2)24-11-20(10-21)18(9-15(6)27-20)29-30(22,23)28-16(7)19-17(25-13(3)4)8-14(5)26-19/h12-15,17-19H,7-11,21H2,1-6H3,(H,22,23)/t14-,15-,17?,18?,19+,20+/m0/s1. The summed E-state index contributed by atoms with van der Waals surface area (Å²) in [5, 5.41) is 0. The molecule has 2 saturated heterocycles. The lowest BCUT2D eigenvalue weighted by Crippen LogP contribution is -2.51. The zero-order valence-corrected chi connectivity index (χ0v) is 19.8. The zero-order chi connectivity index (χ0) is 22.7. The second-order valence-corrected chi connectivity index (χ2v) is 10.1. The lowest BCUT2D eigenvalue weighted by Gasteiger charge is -2.34. The maximum atomic E-state index is 12.8. The van der Waals surface area contributed by atoms with Crippen molar-refractivity contribution in [2.24, 2.45) is 5.73 Å². The summed E-state index contributed by atoms with van der Waals surface area (Å²) in [6, 6.07) is 0. The molecule has 2 rings (SSSR count). The molecule has 3 N–H and O–H groups in total. The van der Waals surface area contributed by atoms with Crippen LogP contribution in [-0.2, 0) is 32.6 Å². The third-order valence-electron chi connectivity index (χ3n) is 5.11. The Kier molecular flexibility index (Phi) is 8.93. The molecule has 0 bridgehead atoms. The SMILES string of the molecule is C=C(OP(=O)(O)OC1C[C@H](C)O[C@]1(CN)COC(C)C)[C@H]1O[C@@H](C)CC1OC(C)C. The van der Waals surface area contributed by atoms with Gasteiger partial charge in [0.15, 0.2) is 0 Å². The zero-order valence-electron chi connectivity index (χ0n) is 18.9. The highest BCUT2D eigenvalue weighted by Crippen LogP contribution is 2.52. The fourth-order valence-electron chi connectivity index (χ4n) is 3.84. The summed E-state index contributed by atoms with van der Waals surface area (Å²) >= 11 is 0. The molecule has 0 aromatic carbocycles. The van der Waals surface area contributed by atoms with Crippen LogP contribution in [0.15, 0.2) is 12.3 Å². The van der Waals surface area contributed by atoms with Crippen molar-refractivity contribution in [2.75, 3.05) is 13.2 Å². The minimum absolute atomic E-state index is 0.000393. The molecule has 10 heteroatoms. The molecule has 0 aromatic rings. The summed E-state index contributed by atoms with van der Waals surface area (Å²) in [5.74, 6) is -0.000393.